The molecule has 1 fully saturated rings. The Morgan fingerprint density at radius 3 is 2.82 bits per heavy atom. The summed E-state index contributed by atoms with van der Waals surface area (Å²) in [4.78, 5) is 35.5. The Hall–Kier alpha value is -1.69. The number of carbonyl (C=O) groups excluding carboxylic acids is 3. The van der Waals surface area contributed by atoms with Gasteiger partial charge in [0.05, 0.1) is 19.2 Å². The van der Waals surface area contributed by atoms with Gasteiger partial charge in [-0.1, -0.05) is 6.58 Å². The minimum atomic E-state index is -0.502. The molecule has 6 nitrogen and oxygen atoms in total. The summed E-state index contributed by atoms with van der Waals surface area (Å²) >= 11 is 0. The van der Waals surface area contributed by atoms with E-state index >= 15 is 0 Å². The van der Waals surface area contributed by atoms with Crippen LogP contribution in [0.3, 0.4) is 0 Å². The van der Waals surface area contributed by atoms with Crippen LogP contribution >= 0.6 is 0 Å². The number of hydrogen-bond donors (Lipinski definition) is 1. The molecular weight excluding hydrogens is 224 g/mol. The summed E-state index contributed by atoms with van der Waals surface area (Å²) in [5.74, 6) is -1.24. The Balaban J connectivity index is 2.60. The summed E-state index contributed by atoms with van der Waals surface area (Å²) in [6.45, 7) is 7.46. The molecule has 0 saturated carbocycles. The highest BCUT2D eigenvalue weighted by Crippen LogP contribution is 2.08. The van der Waals surface area contributed by atoms with Crippen LogP contribution in [0.2, 0.25) is 0 Å². The molecule has 2 amide bonds. The van der Waals surface area contributed by atoms with Gasteiger partial charge >= 0.3 is 5.97 Å². The zero-order valence-electron chi connectivity index (χ0n) is 9.99. The van der Waals surface area contributed by atoms with E-state index in [1.54, 1.807) is 18.7 Å². The van der Waals surface area contributed by atoms with Gasteiger partial charge in [-0.05, 0) is 13.8 Å². The van der Waals surface area contributed by atoms with Crippen LogP contribution < -0.4 is 5.32 Å². The first-order valence-electron chi connectivity index (χ1n) is 5.38. The Bertz CT molecular complexity index is 364. The number of piperazine rings is 1. The molecule has 0 aromatic carbocycles. The van der Waals surface area contributed by atoms with Gasteiger partial charge in [0, 0.05) is 12.1 Å². The number of nitrogens with zero attached hydrogens (tertiary/aromatic N) is 1. The number of carbonyl (C=O) groups is 3. The summed E-state index contributed by atoms with van der Waals surface area (Å²) in [6, 6.07) is -0.459. The number of amides is 2. The second-order valence-electron chi connectivity index (χ2n) is 3.82. The minimum absolute atomic E-state index is 0.0747. The average molecular weight is 240 g/mol. The average Bonchev–Trinajstić information content (AvgIpc) is 2.25. The predicted molar refractivity (Wildman–Crippen MR) is 60.0 cm³/mol. The summed E-state index contributed by atoms with van der Waals surface area (Å²) in [5, 5.41) is 2.22. The van der Waals surface area contributed by atoms with Crippen molar-refractivity contribution in [2.75, 3.05) is 19.7 Å². The Morgan fingerprint density at radius 2 is 2.24 bits per heavy atom. The van der Waals surface area contributed by atoms with Gasteiger partial charge in [0.15, 0.2) is 0 Å². The fourth-order valence-corrected chi connectivity index (χ4v) is 1.50. The molecule has 0 bridgehead atoms. The van der Waals surface area contributed by atoms with Crippen LogP contribution in [0, 0.1) is 0 Å². The van der Waals surface area contributed by atoms with Crippen molar-refractivity contribution in [1.29, 1.82) is 0 Å². The van der Waals surface area contributed by atoms with Gasteiger partial charge in [-0.25, -0.2) is 4.79 Å². The van der Waals surface area contributed by atoms with E-state index in [1.807, 2.05) is 0 Å². The third kappa shape index (κ3) is 3.39. The quantitative estimate of drug-likeness (QED) is 0.405. The van der Waals surface area contributed by atoms with Gasteiger partial charge in [0.1, 0.15) is 0 Å². The van der Waals surface area contributed by atoms with Crippen molar-refractivity contribution in [2.24, 2.45) is 0 Å². The first-order chi connectivity index (χ1) is 7.95. The molecule has 94 valence electrons. The second-order valence-corrected chi connectivity index (χ2v) is 3.82. The van der Waals surface area contributed by atoms with Crippen LogP contribution in [-0.2, 0) is 19.1 Å². The molecule has 1 heterocycles. The Labute approximate surface area is 99.6 Å². The number of hydrogen-bond acceptors (Lipinski definition) is 5. The van der Waals surface area contributed by atoms with E-state index in [2.05, 4.69) is 11.9 Å². The number of ether oxygens (including phenoxy) is 1. The van der Waals surface area contributed by atoms with E-state index < -0.39 is 12.0 Å². The molecule has 1 aliphatic heterocycles. The summed E-state index contributed by atoms with van der Waals surface area (Å²) in [6.07, 6.45) is 0. The summed E-state index contributed by atoms with van der Waals surface area (Å²) in [7, 11) is 0. The highest BCUT2D eigenvalue weighted by atomic mass is 16.5. The van der Waals surface area contributed by atoms with Gasteiger partial charge in [0.2, 0.25) is 11.8 Å². The van der Waals surface area contributed by atoms with E-state index in [9.17, 15) is 14.4 Å². The fraction of sp³-hybridized carbons (Fsp3) is 0.545. The molecule has 1 unspecified atom stereocenters. The molecule has 17 heavy (non-hydrogen) atoms. The van der Waals surface area contributed by atoms with Crippen molar-refractivity contribution >= 4 is 17.8 Å². The van der Waals surface area contributed by atoms with Crippen molar-refractivity contribution in [1.82, 2.24) is 10.2 Å². The topological polar surface area (TPSA) is 75.7 Å². The van der Waals surface area contributed by atoms with E-state index in [1.165, 1.54) is 0 Å². The Kier molecular flexibility index (Phi) is 4.39. The van der Waals surface area contributed by atoms with Gasteiger partial charge in [-0.15, -0.1) is 0 Å². The summed E-state index contributed by atoms with van der Waals surface area (Å²) in [5.41, 5.74) is 0.237. The first kappa shape index (κ1) is 13.4. The first-order valence-corrected chi connectivity index (χ1v) is 5.38. The van der Waals surface area contributed by atoms with Gasteiger partial charge in [-0.3, -0.25) is 19.8 Å². The second kappa shape index (κ2) is 5.58. The molecule has 1 rings (SSSR count). The predicted octanol–water partition coefficient (Wildman–Crippen LogP) is -0.547. The van der Waals surface area contributed by atoms with Gasteiger partial charge in [0.25, 0.3) is 0 Å². The van der Waals surface area contributed by atoms with Crippen molar-refractivity contribution in [2.45, 2.75) is 19.9 Å². The number of imide groups is 1. The highest BCUT2D eigenvalue weighted by molar-refractivity contribution is 6.01. The fourth-order valence-electron chi connectivity index (χ4n) is 1.50. The number of esters is 1. The largest absolute Gasteiger partial charge is 0.463 e. The molecule has 0 spiro atoms. The molecule has 0 aromatic rings. The lowest BCUT2D eigenvalue weighted by atomic mass is 10.1. The zero-order valence-corrected chi connectivity index (χ0v) is 9.99. The number of nitrogens with one attached hydrogen (secondary N) is 1. The smallest absolute Gasteiger partial charge is 0.334 e. The monoisotopic (exact) mass is 240 g/mol. The van der Waals surface area contributed by atoms with Crippen LogP contribution in [0.5, 0.6) is 0 Å². The molecule has 0 radical (unpaired) electrons. The molecule has 0 aromatic heterocycles. The van der Waals surface area contributed by atoms with Crippen molar-refractivity contribution in [3.8, 4) is 0 Å². The maximum atomic E-state index is 11.4. The normalized spacial score (nSPS) is 20.9. The zero-order chi connectivity index (χ0) is 13.0. The maximum absolute atomic E-state index is 11.4. The van der Waals surface area contributed by atoms with Crippen molar-refractivity contribution < 1.29 is 19.1 Å². The summed E-state index contributed by atoms with van der Waals surface area (Å²) < 4.78 is 4.78. The van der Waals surface area contributed by atoms with Crippen molar-refractivity contribution in [3.63, 3.8) is 0 Å². The lowest BCUT2D eigenvalue weighted by molar-refractivity contribution is -0.142. The molecular formula is C11H16N2O4. The molecule has 1 atom stereocenters. The number of rotatable bonds is 4. The molecule has 1 N–H and O–H groups in total. The highest BCUT2D eigenvalue weighted by Gasteiger charge is 2.31. The molecule has 1 aliphatic rings. The van der Waals surface area contributed by atoms with Crippen molar-refractivity contribution in [3.05, 3.63) is 12.2 Å². The van der Waals surface area contributed by atoms with E-state index in [4.69, 9.17) is 4.74 Å². The third-order valence-corrected chi connectivity index (χ3v) is 2.49. The van der Waals surface area contributed by atoms with Crippen LogP contribution in [0.15, 0.2) is 12.2 Å². The minimum Gasteiger partial charge on any atom is -0.463 e. The molecule has 6 heteroatoms. The van der Waals surface area contributed by atoms with E-state index in [-0.39, 0.29) is 37.1 Å². The van der Waals surface area contributed by atoms with Crippen LogP contribution in [0.1, 0.15) is 13.8 Å². The van der Waals surface area contributed by atoms with Crippen LogP contribution in [0.4, 0.5) is 0 Å². The third-order valence-electron chi connectivity index (χ3n) is 2.49. The maximum Gasteiger partial charge on any atom is 0.334 e. The van der Waals surface area contributed by atoms with Crippen LogP contribution in [0.25, 0.3) is 0 Å². The van der Waals surface area contributed by atoms with E-state index in [0.29, 0.717) is 0 Å². The van der Waals surface area contributed by atoms with Gasteiger partial charge in [-0.2, -0.15) is 0 Å². The van der Waals surface area contributed by atoms with Gasteiger partial charge < -0.3 is 4.74 Å². The lowest BCUT2D eigenvalue weighted by Crippen LogP contribution is -2.57. The SMILES string of the molecule is C=C(CN1CC(=O)NC(=O)C1C)C(=O)OCC. The lowest BCUT2D eigenvalue weighted by Gasteiger charge is -2.31. The van der Waals surface area contributed by atoms with Crippen LogP contribution in [-0.4, -0.2) is 48.4 Å². The Morgan fingerprint density at radius 1 is 1.59 bits per heavy atom. The molecule has 0 aliphatic carbocycles. The standard InChI is InChI=1S/C11H16N2O4/c1-4-17-11(16)7(2)5-13-6-9(14)12-10(15)8(13)3/h8H,2,4-6H2,1,3H3,(H,12,14,15). The van der Waals surface area contributed by atoms with E-state index in [0.717, 1.165) is 0 Å². The molecule has 1 saturated heterocycles.